The van der Waals surface area contributed by atoms with E-state index in [0.29, 0.717) is 5.56 Å². The molecule has 1 saturated heterocycles. The standard InChI is InChI=1S/C15H15F3N2O3/c16-15(17,18)10-3-1-9(2-4-10)7-20-12(8-23-14(20)22)13(21)19-11-5-6-11/h1-4,11-12H,5-8H2,(H,19,21)/t12-/m0/s1. The molecule has 0 aromatic heterocycles. The first-order chi connectivity index (χ1) is 10.8. The molecular weight excluding hydrogens is 313 g/mol. The van der Waals surface area contributed by atoms with Crippen LogP contribution in [0, 0.1) is 0 Å². The topological polar surface area (TPSA) is 58.6 Å². The van der Waals surface area contributed by atoms with Crippen LogP contribution in [0.15, 0.2) is 24.3 Å². The summed E-state index contributed by atoms with van der Waals surface area (Å²) >= 11 is 0. The number of alkyl halides is 3. The van der Waals surface area contributed by atoms with E-state index in [2.05, 4.69) is 5.32 Å². The van der Waals surface area contributed by atoms with E-state index in [1.54, 1.807) is 0 Å². The first-order valence-corrected chi connectivity index (χ1v) is 7.24. The Morgan fingerprint density at radius 3 is 2.48 bits per heavy atom. The Hall–Kier alpha value is -2.25. The molecule has 2 aliphatic rings. The van der Waals surface area contributed by atoms with Gasteiger partial charge in [0.25, 0.3) is 0 Å². The van der Waals surface area contributed by atoms with Gasteiger partial charge in [0.05, 0.1) is 12.1 Å². The number of hydrogen-bond donors (Lipinski definition) is 1. The SMILES string of the molecule is O=C(NC1CC1)[C@@H]1COC(=O)N1Cc1ccc(C(F)(F)F)cc1. The maximum Gasteiger partial charge on any atom is 0.416 e. The first-order valence-electron chi connectivity index (χ1n) is 7.24. The van der Waals surface area contributed by atoms with Gasteiger partial charge in [0.2, 0.25) is 5.91 Å². The van der Waals surface area contributed by atoms with Gasteiger partial charge >= 0.3 is 12.3 Å². The summed E-state index contributed by atoms with van der Waals surface area (Å²) in [5.74, 6) is -0.287. The number of hydrogen-bond acceptors (Lipinski definition) is 3. The molecule has 1 N–H and O–H groups in total. The molecule has 1 aliphatic heterocycles. The monoisotopic (exact) mass is 328 g/mol. The minimum absolute atomic E-state index is 0.0275. The van der Waals surface area contributed by atoms with Gasteiger partial charge in [0, 0.05) is 6.04 Å². The van der Waals surface area contributed by atoms with Crippen LogP contribution < -0.4 is 5.32 Å². The molecule has 1 heterocycles. The van der Waals surface area contributed by atoms with Crippen molar-refractivity contribution in [3.05, 3.63) is 35.4 Å². The Bertz CT molecular complexity index is 611. The quantitative estimate of drug-likeness (QED) is 0.923. The van der Waals surface area contributed by atoms with Crippen LogP contribution in [0.2, 0.25) is 0 Å². The molecule has 1 aromatic carbocycles. The zero-order valence-electron chi connectivity index (χ0n) is 12.1. The third-order valence-electron chi connectivity index (χ3n) is 3.84. The highest BCUT2D eigenvalue weighted by molar-refractivity contribution is 5.88. The predicted octanol–water partition coefficient (Wildman–Crippen LogP) is 2.30. The molecule has 1 atom stereocenters. The Labute approximate surface area is 130 Å². The van der Waals surface area contributed by atoms with Gasteiger partial charge in [-0.3, -0.25) is 9.69 Å². The highest BCUT2D eigenvalue weighted by Gasteiger charge is 2.40. The Kier molecular flexibility index (Phi) is 3.91. The molecular formula is C15H15F3N2O3. The van der Waals surface area contributed by atoms with Crippen LogP contribution in [0.5, 0.6) is 0 Å². The number of carbonyl (C=O) groups is 2. The van der Waals surface area contributed by atoms with Crippen LogP contribution >= 0.6 is 0 Å². The van der Waals surface area contributed by atoms with Crippen LogP contribution in [0.1, 0.15) is 24.0 Å². The van der Waals surface area contributed by atoms with Crippen molar-refractivity contribution in [1.82, 2.24) is 10.2 Å². The number of halogens is 3. The van der Waals surface area contributed by atoms with Crippen LogP contribution in [-0.2, 0) is 22.3 Å². The van der Waals surface area contributed by atoms with Crippen molar-refractivity contribution >= 4 is 12.0 Å². The van der Waals surface area contributed by atoms with Crippen molar-refractivity contribution in [2.45, 2.75) is 37.6 Å². The Morgan fingerprint density at radius 2 is 1.91 bits per heavy atom. The van der Waals surface area contributed by atoms with Crippen molar-refractivity contribution in [1.29, 1.82) is 0 Å². The number of ether oxygens (including phenoxy) is 1. The summed E-state index contributed by atoms with van der Waals surface area (Å²) in [5.41, 5.74) is -0.255. The zero-order valence-corrected chi connectivity index (χ0v) is 12.1. The second-order valence-electron chi connectivity index (χ2n) is 5.70. The molecule has 1 aliphatic carbocycles. The smallest absolute Gasteiger partial charge is 0.416 e. The summed E-state index contributed by atoms with van der Waals surface area (Å²) in [6.07, 6.45) is -3.20. The summed E-state index contributed by atoms with van der Waals surface area (Å²) in [5, 5.41) is 2.80. The minimum atomic E-state index is -4.40. The normalized spacial score (nSPS) is 21.3. The van der Waals surface area contributed by atoms with E-state index in [4.69, 9.17) is 4.74 Å². The lowest BCUT2D eigenvalue weighted by Gasteiger charge is -2.21. The van der Waals surface area contributed by atoms with E-state index < -0.39 is 23.9 Å². The lowest BCUT2D eigenvalue weighted by atomic mass is 10.1. The van der Waals surface area contributed by atoms with E-state index in [9.17, 15) is 22.8 Å². The number of benzene rings is 1. The van der Waals surface area contributed by atoms with Crippen LogP contribution in [0.3, 0.4) is 0 Å². The Morgan fingerprint density at radius 1 is 1.26 bits per heavy atom. The summed E-state index contributed by atoms with van der Waals surface area (Å²) in [6, 6.07) is 3.91. The molecule has 0 bridgehead atoms. The minimum Gasteiger partial charge on any atom is -0.447 e. The van der Waals surface area contributed by atoms with Gasteiger partial charge in [0.1, 0.15) is 12.6 Å². The largest absolute Gasteiger partial charge is 0.447 e. The lowest BCUT2D eigenvalue weighted by Crippen LogP contribution is -2.46. The van der Waals surface area contributed by atoms with Crippen LogP contribution in [0.4, 0.5) is 18.0 Å². The van der Waals surface area contributed by atoms with Crippen molar-refractivity contribution < 1.29 is 27.5 Å². The van der Waals surface area contributed by atoms with E-state index in [0.717, 1.165) is 25.0 Å². The average Bonchev–Trinajstić information content (AvgIpc) is 3.22. The number of nitrogens with one attached hydrogen (secondary N) is 1. The molecule has 3 rings (SSSR count). The molecule has 1 aromatic rings. The fourth-order valence-electron chi connectivity index (χ4n) is 2.36. The van der Waals surface area contributed by atoms with E-state index in [1.165, 1.54) is 17.0 Å². The molecule has 2 fully saturated rings. The summed E-state index contributed by atoms with van der Waals surface area (Å²) in [7, 11) is 0. The lowest BCUT2D eigenvalue weighted by molar-refractivity contribution is -0.137. The molecule has 1 saturated carbocycles. The molecule has 5 nitrogen and oxygen atoms in total. The average molecular weight is 328 g/mol. The molecule has 0 radical (unpaired) electrons. The maximum absolute atomic E-state index is 12.5. The number of rotatable bonds is 4. The van der Waals surface area contributed by atoms with E-state index in [1.807, 2.05) is 0 Å². The third kappa shape index (κ3) is 3.57. The molecule has 0 spiro atoms. The van der Waals surface area contributed by atoms with Gasteiger partial charge < -0.3 is 10.1 Å². The Balaban J connectivity index is 1.69. The van der Waals surface area contributed by atoms with Crippen LogP contribution in [0.25, 0.3) is 0 Å². The van der Waals surface area contributed by atoms with Crippen molar-refractivity contribution in [3.8, 4) is 0 Å². The van der Waals surface area contributed by atoms with Gasteiger partial charge in [-0.2, -0.15) is 13.2 Å². The van der Waals surface area contributed by atoms with Gasteiger partial charge in [0.15, 0.2) is 0 Å². The van der Waals surface area contributed by atoms with Crippen molar-refractivity contribution in [3.63, 3.8) is 0 Å². The van der Waals surface area contributed by atoms with Gasteiger partial charge in [-0.05, 0) is 30.5 Å². The molecule has 23 heavy (non-hydrogen) atoms. The van der Waals surface area contributed by atoms with Crippen molar-refractivity contribution in [2.75, 3.05) is 6.61 Å². The predicted molar refractivity (Wildman–Crippen MR) is 73.3 cm³/mol. The molecule has 8 heteroatoms. The van der Waals surface area contributed by atoms with Gasteiger partial charge in [-0.15, -0.1) is 0 Å². The summed E-state index contributed by atoms with van der Waals surface area (Å²) < 4.78 is 42.5. The number of cyclic esters (lactones) is 1. The highest BCUT2D eigenvalue weighted by atomic mass is 19.4. The molecule has 124 valence electrons. The van der Waals surface area contributed by atoms with E-state index >= 15 is 0 Å². The fourth-order valence-corrected chi connectivity index (χ4v) is 2.36. The highest BCUT2D eigenvalue weighted by Crippen LogP contribution is 2.29. The number of nitrogens with zero attached hydrogens (tertiary/aromatic N) is 1. The van der Waals surface area contributed by atoms with E-state index in [-0.39, 0.29) is 25.1 Å². The second kappa shape index (κ2) is 5.75. The number of amides is 2. The van der Waals surface area contributed by atoms with Gasteiger partial charge in [-0.1, -0.05) is 12.1 Å². The number of carbonyl (C=O) groups excluding carboxylic acids is 2. The second-order valence-corrected chi connectivity index (χ2v) is 5.70. The van der Waals surface area contributed by atoms with Crippen LogP contribution in [-0.4, -0.2) is 35.6 Å². The van der Waals surface area contributed by atoms with Gasteiger partial charge in [-0.25, -0.2) is 4.79 Å². The first kappa shape index (κ1) is 15.6. The molecule has 0 unspecified atom stereocenters. The zero-order chi connectivity index (χ0) is 16.6. The summed E-state index contributed by atoms with van der Waals surface area (Å²) in [4.78, 5) is 25.1. The maximum atomic E-state index is 12.5. The molecule has 2 amide bonds. The summed E-state index contributed by atoms with van der Waals surface area (Å²) in [6.45, 7) is -0.0161. The fraction of sp³-hybridized carbons (Fsp3) is 0.467. The van der Waals surface area contributed by atoms with Crippen molar-refractivity contribution in [2.24, 2.45) is 0 Å². The third-order valence-corrected chi connectivity index (χ3v) is 3.84.